The number of hydrogen-bond donors (Lipinski definition) is 1. The Morgan fingerprint density at radius 1 is 1.00 bits per heavy atom. The number of hydrogen-bond acceptors (Lipinski definition) is 2. The molecule has 5 heteroatoms. The van der Waals surface area contributed by atoms with Crippen molar-refractivity contribution in [3.8, 4) is 5.75 Å². The zero-order valence-electron chi connectivity index (χ0n) is 11.6. The van der Waals surface area contributed by atoms with Crippen LogP contribution in [0.4, 0.5) is 18.9 Å². The van der Waals surface area contributed by atoms with Crippen LogP contribution in [0.2, 0.25) is 0 Å². The standard InChI is InChI=1S/C16H16F3NO/c1-12-4-2-3-5-15(12)20-10-11-21-14-8-6-13(7-9-14)16(17,18)19/h2-9,20H,10-11H2,1H3. The van der Waals surface area contributed by atoms with E-state index in [0.717, 1.165) is 23.4 Å². The number of nitrogens with one attached hydrogen (secondary N) is 1. The Labute approximate surface area is 121 Å². The molecule has 0 aliphatic carbocycles. The van der Waals surface area contributed by atoms with Gasteiger partial charge in [-0.2, -0.15) is 13.2 Å². The van der Waals surface area contributed by atoms with Gasteiger partial charge >= 0.3 is 6.18 Å². The zero-order chi connectivity index (χ0) is 15.3. The van der Waals surface area contributed by atoms with Gasteiger partial charge in [0, 0.05) is 12.2 Å². The smallest absolute Gasteiger partial charge is 0.416 e. The molecular formula is C16H16F3NO. The van der Waals surface area contributed by atoms with Crippen LogP contribution in [0.1, 0.15) is 11.1 Å². The van der Waals surface area contributed by atoms with Crippen LogP contribution in [0.5, 0.6) is 5.75 Å². The topological polar surface area (TPSA) is 21.3 Å². The summed E-state index contributed by atoms with van der Waals surface area (Å²) < 4.78 is 42.6. The molecule has 0 heterocycles. The molecule has 112 valence electrons. The van der Waals surface area contributed by atoms with Crippen LogP contribution in [-0.2, 0) is 6.18 Å². The fourth-order valence-corrected chi connectivity index (χ4v) is 1.87. The molecular weight excluding hydrogens is 279 g/mol. The van der Waals surface area contributed by atoms with Crippen LogP contribution in [0.3, 0.4) is 0 Å². The van der Waals surface area contributed by atoms with Crippen molar-refractivity contribution < 1.29 is 17.9 Å². The maximum Gasteiger partial charge on any atom is 0.416 e. The van der Waals surface area contributed by atoms with Gasteiger partial charge in [0.05, 0.1) is 5.56 Å². The number of para-hydroxylation sites is 1. The molecule has 0 fully saturated rings. The lowest BCUT2D eigenvalue weighted by molar-refractivity contribution is -0.137. The monoisotopic (exact) mass is 295 g/mol. The van der Waals surface area contributed by atoms with E-state index < -0.39 is 11.7 Å². The summed E-state index contributed by atoms with van der Waals surface area (Å²) in [6.07, 6.45) is -4.31. The SMILES string of the molecule is Cc1ccccc1NCCOc1ccc(C(F)(F)F)cc1. The molecule has 0 radical (unpaired) electrons. The third-order valence-electron chi connectivity index (χ3n) is 3.01. The highest BCUT2D eigenvalue weighted by molar-refractivity contribution is 5.50. The molecule has 0 spiro atoms. The predicted molar refractivity (Wildman–Crippen MR) is 76.6 cm³/mol. The molecule has 0 saturated heterocycles. The van der Waals surface area contributed by atoms with Crippen LogP contribution < -0.4 is 10.1 Å². The number of halogens is 3. The number of benzene rings is 2. The van der Waals surface area contributed by atoms with Gasteiger partial charge in [0.25, 0.3) is 0 Å². The quantitative estimate of drug-likeness (QED) is 0.820. The molecule has 0 aliphatic heterocycles. The largest absolute Gasteiger partial charge is 0.492 e. The van der Waals surface area contributed by atoms with E-state index in [9.17, 15) is 13.2 Å². The molecule has 0 saturated carbocycles. The summed E-state index contributed by atoms with van der Waals surface area (Å²) in [5.41, 5.74) is 1.48. The summed E-state index contributed by atoms with van der Waals surface area (Å²) in [5.74, 6) is 0.426. The Bertz CT molecular complexity index is 579. The lowest BCUT2D eigenvalue weighted by Crippen LogP contribution is -2.12. The van der Waals surface area contributed by atoms with Gasteiger partial charge in [-0.1, -0.05) is 18.2 Å². The van der Waals surface area contributed by atoms with Crippen LogP contribution in [0.15, 0.2) is 48.5 Å². The number of anilines is 1. The first-order valence-electron chi connectivity index (χ1n) is 6.56. The summed E-state index contributed by atoms with van der Waals surface area (Å²) in [4.78, 5) is 0. The summed E-state index contributed by atoms with van der Waals surface area (Å²) in [6.45, 7) is 2.95. The summed E-state index contributed by atoms with van der Waals surface area (Å²) in [6, 6.07) is 12.6. The fourth-order valence-electron chi connectivity index (χ4n) is 1.87. The third-order valence-corrected chi connectivity index (χ3v) is 3.01. The Balaban J connectivity index is 1.80. The van der Waals surface area contributed by atoms with E-state index in [0.29, 0.717) is 18.9 Å². The van der Waals surface area contributed by atoms with E-state index in [1.54, 1.807) is 0 Å². The van der Waals surface area contributed by atoms with Crippen molar-refractivity contribution in [2.45, 2.75) is 13.1 Å². The Morgan fingerprint density at radius 2 is 1.67 bits per heavy atom. The molecule has 0 bridgehead atoms. The number of aryl methyl sites for hydroxylation is 1. The van der Waals surface area contributed by atoms with Crippen molar-refractivity contribution >= 4 is 5.69 Å². The van der Waals surface area contributed by atoms with Gasteiger partial charge in [-0.05, 0) is 42.8 Å². The second kappa shape index (κ2) is 6.52. The molecule has 2 rings (SSSR count). The predicted octanol–water partition coefficient (Wildman–Crippen LogP) is 4.50. The number of ether oxygens (including phenoxy) is 1. The summed E-state index contributed by atoms with van der Waals surface area (Å²) >= 11 is 0. The first kappa shape index (κ1) is 15.2. The maximum absolute atomic E-state index is 12.4. The average molecular weight is 295 g/mol. The van der Waals surface area contributed by atoms with Crippen LogP contribution >= 0.6 is 0 Å². The minimum Gasteiger partial charge on any atom is -0.492 e. The van der Waals surface area contributed by atoms with Crippen LogP contribution in [0.25, 0.3) is 0 Å². The highest BCUT2D eigenvalue weighted by Gasteiger charge is 2.29. The van der Waals surface area contributed by atoms with E-state index in [1.807, 2.05) is 31.2 Å². The average Bonchev–Trinajstić information content (AvgIpc) is 2.45. The number of alkyl halides is 3. The highest BCUT2D eigenvalue weighted by Crippen LogP contribution is 2.30. The number of rotatable bonds is 5. The van der Waals surface area contributed by atoms with Crippen molar-refractivity contribution in [2.75, 3.05) is 18.5 Å². The normalized spacial score (nSPS) is 11.2. The molecule has 2 aromatic carbocycles. The van der Waals surface area contributed by atoms with Gasteiger partial charge in [-0.25, -0.2) is 0 Å². The molecule has 0 amide bonds. The molecule has 0 atom stereocenters. The van der Waals surface area contributed by atoms with E-state index in [4.69, 9.17) is 4.74 Å². The lowest BCUT2D eigenvalue weighted by atomic mass is 10.2. The molecule has 21 heavy (non-hydrogen) atoms. The Morgan fingerprint density at radius 3 is 2.29 bits per heavy atom. The molecule has 1 N–H and O–H groups in total. The van der Waals surface area contributed by atoms with E-state index in [2.05, 4.69) is 5.32 Å². The second-order valence-electron chi connectivity index (χ2n) is 4.61. The van der Waals surface area contributed by atoms with Crippen LogP contribution in [0, 0.1) is 6.92 Å². The molecule has 2 aromatic rings. The highest BCUT2D eigenvalue weighted by atomic mass is 19.4. The first-order valence-corrected chi connectivity index (χ1v) is 6.56. The van der Waals surface area contributed by atoms with Crippen LogP contribution in [-0.4, -0.2) is 13.2 Å². The minimum atomic E-state index is -4.31. The molecule has 0 unspecified atom stereocenters. The third kappa shape index (κ3) is 4.41. The summed E-state index contributed by atoms with van der Waals surface area (Å²) in [7, 11) is 0. The molecule has 0 aromatic heterocycles. The van der Waals surface area contributed by atoms with Gasteiger partial charge in [0.1, 0.15) is 12.4 Å². The van der Waals surface area contributed by atoms with Gasteiger partial charge in [0.15, 0.2) is 0 Å². The van der Waals surface area contributed by atoms with Crippen molar-refractivity contribution in [1.82, 2.24) is 0 Å². The Kier molecular flexibility index (Phi) is 4.73. The second-order valence-corrected chi connectivity index (χ2v) is 4.61. The van der Waals surface area contributed by atoms with Crippen molar-refractivity contribution in [3.05, 3.63) is 59.7 Å². The first-order chi connectivity index (χ1) is 9.97. The van der Waals surface area contributed by atoms with Crippen molar-refractivity contribution in [3.63, 3.8) is 0 Å². The fraction of sp³-hybridized carbons (Fsp3) is 0.250. The van der Waals surface area contributed by atoms with Gasteiger partial charge in [-0.15, -0.1) is 0 Å². The molecule has 2 nitrogen and oxygen atoms in total. The van der Waals surface area contributed by atoms with E-state index in [-0.39, 0.29) is 0 Å². The lowest BCUT2D eigenvalue weighted by Gasteiger charge is -2.11. The molecule has 0 aliphatic rings. The van der Waals surface area contributed by atoms with Gasteiger partial charge < -0.3 is 10.1 Å². The minimum absolute atomic E-state index is 0.375. The van der Waals surface area contributed by atoms with E-state index in [1.165, 1.54) is 12.1 Å². The van der Waals surface area contributed by atoms with Gasteiger partial charge in [0.2, 0.25) is 0 Å². The maximum atomic E-state index is 12.4. The van der Waals surface area contributed by atoms with Crippen molar-refractivity contribution in [2.24, 2.45) is 0 Å². The van der Waals surface area contributed by atoms with Gasteiger partial charge in [-0.3, -0.25) is 0 Å². The summed E-state index contributed by atoms with van der Waals surface area (Å²) in [5, 5.41) is 3.21. The zero-order valence-corrected chi connectivity index (χ0v) is 11.6. The van der Waals surface area contributed by atoms with Crippen molar-refractivity contribution in [1.29, 1.82) is 0 Å². The van der Waals surface area contributed by atoms with E-state index >= 15 is 0 Å². The Hall–Kier alpha value is -2.17.